The van der Waals surface area contributed by atoms with Crippen molar-refractivity contribution in [2.75, 3.05) is 19.7 Å². The van der Waals surface area contributed by atoms with Crippen molar-refractivity contribution in [1.82, 2.24) is 14.7 Å². The summed E-state index contributed by atoms with van der Waals surface area (Å²) in [5, 5.41) is 4.08. The van der Waals surface area contributed by atoms with E-state index in [1.54, 1.807) is 17.1 Å². The fraction of sp³-hybridized carbons (Fsp3) is 0.444. The molecule has 0 saturated carbocycles. The molecule has 3 rings (SSSR count). The van der Waals surface area contributed by atoms with Gasteiger partial charge < -0.3 is 9.64 Å². The van der Waals surface area contributed by atoms with Crippen molar-refractivity contribution in [2.45, 2.75) is 25.7 Å². The van der Waals surface area contributed by atoms with E-state index in [1.807, 2.05) is 31.0 Å². The average Bonchev–Trinajstić information content (AvgIpc) is 3.02. The molecule has 2 aromatic rings. The largest absolute Gasteiger partial charge is 0.494 e. The quantitative estimate of drug-likeness (QED) is 0.872. The zero-order valence-corrected chi connectivity index (χ0v) is 13.7. The Hall–Kier alpha value is -2.30. The monoisotopic (exact) mass is 313 g/mol. The molecule has 1 amide bonds. The number of aromatic nitrogens is 2. The van der Waals surface area contributed by atoms with Crippen LogP contribution in [0, 0.1) is 0 Å². The van der Waals surface area contributed by atoms with Crippen molar-refractivity contribution < 1.29 is 9.53 Å². The van der Waals surface area contributed by atoms with Crippen LogP contribution in [0.15, 0.2) is 36.7 Å². The van der Waals surface area contributed by atoms with Crippen LogP contribution < -0.4 is 4.74 Å². The summed E-state index contributed by atoms with van der Waals surface area (Å²) in [4.78, 5) is 14.4. The number of carbonyl (C=O) groups excluding carboxylic acids is 1. The number of carbonyl (C=O) groups is 1. The third-order valence-electron chi connectivity index (χ3n) is 4.39. The predicted octanol–water partition coefficient (Wildman–Crippen LogP) is 2.84. The summed E-state index contributed by atoms with van der Waals surface area (Å²) in [6.45, 7) is 4.24. The normalized spacial score (nSPS) is 15.7. The van der Waals surface area contributed by atoms with Crippen LogP contribution in [0.25, 0.3) is 0 Å². The maximum absolute atomic E-state index is 12.5. The number of hydrogen-bond acceptors (Lipinski definition) is 3. The Morgan fingerprint density at radius 1 is 1.30 bits per heavy atom. The summed E-state index contributed by atoms with van der Waals surface area (Å²) in [5.41, 5.74) is 1.93. The van der Waals surface area contributed by atoms with Gasteiger partial charge in [-0.1, -0.05) is 18.2 Å². The topological polar surface area (TPSA) is 47.4 Å². The van der Waals surface area contributed by atoms with Crippen LogP contribution in [0.5, 0.6) is 5.75 Å². The molecule has 1 aromatic heterocycles. The molecule has 0 N–H and O–H groups in total. The van der Waals surface area contributed by atoms with Crippen LogP contribution in [0.4, 0.5) is 0 Å². The second-order valence-electron chi connectivity index (χ2n) is 5.94. The van der Waals surface area contributed by atoms with Gasteiger partial charge in [-0.05, 0) is 37.3 Å². The zero-order valence-electron chi connectivity index (χ0n) is 13.7. The number of nitrogens with zero attached hydrogens (tertiary/aromatic N) is 3. The first-order chi connectivity index (χ1) is 11.2. The van der Waals surface area contributed by atoms with Gasteiger partial charge in [0.25, 0.3) is 5.91 Å². The van der Waals surface area contributed by atoms with Gasteiger partial charge in [-0.2, -0.15) is 5.10 Å². The highest BCUT2D eigenvalue weighted by atomic mass is 16.5. The smallest absolute Gasteiger partial charge is 0.257 e. The summed E-state index contributed by atoms with van der Waals surface area (Å²) in [6.07, 6.45) is 5.35. The molecule has 5 nitrogen and oxygen atoms in total. The maximum Gasteiger partial charge on any atom is 0.257 e. The first-order valence-electron chi connectivity index (χ1n) is 8.18. The Morgan fingerprint density at radius 3 is 2.70 bits per heavy atom. The average molecular weight is 313 g/mol. The fourth-order valence-corrected chi connectivity index (χ4v) is 3.21. The van der Waals surface area contributed by atoms with Crippen LogP contribution in [0.1, 0.15) is 41.6 Å². The van der Waals surface area contributed by atoms with E-state index in [-0.39, 0.29) is 5.91 Å². The Kier molecular flexibility index (Phi) is 4.65. The van der Waals surface area contributed by atoms with Gasteiger partial charge in [-0.15, -0.1) is 0 Å². The number of rotatable bonds is 4. The molecule has 122 valence electrons. The molecule has 0 unspecified atom stereocenters. The van der Waals surface area contributed by atoms with Gasteiger partial charge >= 0.3 is 0 Å². The molecule has 1 aromatic carbocycles. The van der Waals surface area contributed by atoms with Crippen LogP contribution >= 0.6 is 0 Å². The van der Waals surface area contributed by atoms with E-state index in [4.69, 9.17) is 4.74 Å². The summed E-state index contributed by atoms with van der Waals surface area (Å²) in [7, 11) is 1.83. The van der Waals surface area contributed by atoms with Gasteiger partial charge in [0.05, 0.1) is 18.4 Å². The number of ether oxygens (including phenoxy) is 1. The lowest BCUT2D eigenvalue weighted by Crippen LogP contribution is -2.37. The highest BCUT2D eigenvalue weighted by Crippen LogP contribution is 2.34. The molecule has 0 bridgehead atoms. The first-order valence-corrected chi connectivity index (χ1v) is 8.18. The third-order valence-corrected chi connectivity index (χ3v) is 4.39. The summed E-state index contributed by atoms with van der Waals surface area (Å²) in [5.74, 6) is 1.51. The van der Waals surface area contributed by atoms with E-state index in [0.29, 0.717) is 18.1 Å². The minimum absolute atomic E-state index is 0.0784. The SMILES string of the molecule is CCOc1ccccc1C1CCN(C(=O)c2cnn(C)c2)CC1. The molecule has 2 heterocycles. The van der Waals surface area contributed by atoms with Crippen molar-refractivity contribution in [2.24, 2.45) is 7.05 Å². The second-order valence-corrected chi connectivity index (χ2v) is 5.94. The summed E-state index contributed by atoms with van der Waals surface area (Å²) in [6, 6.07) is 8.25. The molecule has 1 aliphatic heterocycles. The van der Waals surface area contributed by atoms with Gasteiger partial charge in [0, 0.05) is 26.3 Å². The fourth-order valence-electron chi connectivity index (χ4n) is 3.21. The summed E-state index contributed by atoms with van der Waals surface area (Å²) >= 11 is 0. The number of benzene rings is 1. The molecule has 1 saturated heterocycles. The molecule has 1 fully saturated rings. The zero-order chi connectivity index (χ0) is 16.2. The van der Waals surface area contributed by atoms with Crippen LogP contribution in [0.3, 0.4) is 0 Å². The molecule has 23 heavy (non-hydrogen) atoms. The van der Waals surface area contributed by atoms with E-state index in [1.165, 1.54) is 5.56 Å². The van der Waals surface area contributed by atoms with E-state index in [9.17, 15) is 4.79 Å². The van der Waals surface area contributed by atoms with Crippen molar-refractivity contribution in [3.8, 4) is 5.75 Å². The lowest BCUT2D eigenvalue weighted by Gasteiger charge is -2.32. The van der Waals surface area contributed by atoms with Gasteiger partial charge in [0.15, 0.2) is 0 Å². The Bertz CT molecular complexity index is 672. The van der Waals surface area contributed by atoms with Crippen molar-refractivity contribution in [3.63, 3.8) is 0 Å². The minimum Gasteiger partial charge on any atom is -0.494 e. The van der Waals surface area contributed by atoms with Crippen molar-refractivity contribution in [3.05, 3.63) is 47.8 Å². The highest BCUT2D eigenvalue weighted by Gasteiger charge is 2.26. The molecular weight excluding hydrogens is 290 g/mol. The molecule has 0 radical (unpaired) electrons. The van der Waals surface area contributed by atoms with Gasteiger partial charge in [0.1, 0.15) is 5.75 Å². The maximum atomic E-state index is 12.5. The number of para-hydroxylation sites is 1. The highest BCUT2D eigenvalue weighted by molar-refractivity contribution is 5.93. The number of amides is 1. The van der Waals surface area contributed by atoms with Gasteiger partial charge in [-0.25, -0.2) is 0 Å². The Morgan fingerprint density at radius 2 is 2.04 bits per heavy atom. The number of piperidine rings is 1. The molecule has 1 aliphatic rings. The second kappa shape index (κ2) is 6.86. The lowest BCUT2D eigenvalue weighted by molar-refractivity contribution is 0.0712. The van der Waals surface area contributed by atoms with E-state index < -0.39 is 0 Å². The van der Waals surface area contributed by atoms with E-state index in [0.717, 1.165) is 31.7 Å². The van der Waals surface area contributed by atoms with Crippen LogP contribution in [-0.2, 0) is 7.05 Å². The molecule has 0 aliphatic carbocycles. The van der Waals surface area contributed by atoms with Crippen LogP contribution in [-0.4, -0.2) is 40.3 Å². The van der Waals surface area contributed by atoms with Crippen LogP contribution in [0.2, 0.25) is 0 Å². The van der Waals surface area contributed by atoms with Gasteiger partial charge in [-0.3, -0.25) is 9.48 Å². The minimum atomic E-state index is 0.0784. The lowest BCUT2D eigenvalue weighted by atomic mass is 9.88. The number of likely N-dealkylation sites (tertiary alicyclic amines) is 1. The van der Waals surface area contributed by atoms with Gasteiger partial charge in [0.2, 0.25) is 0 Å². The van der Waals surface area contributed by atoms with E-state index >= 15 is 0 Å². The predicted molar refractivity (Wildman–Crippen MR) is 88.7 cm³/mol. The molecule has 0 spiro atoms. The van der Waals surface area contributed by atoms with E-state index in [2.05, 4.69) is 17.2 Å². The van der Waals surface area contributed by atoms with Crippen molar-refractivity contribution >= 4 is 5.91 Å². The third kappa shape index (κ3) is 3.38. The standard InChI is InChI=1S/C18H23N3O2/c1-3-23-17-7-5-4-6-16(17)14-8-10-21(11-9-14)18(22)15-12-19-20(2)13-15/h4-7,12-14H,3,8-11H2,1-2H3. The molecule has 0 atom stereocenters. The van der Waals surface area contributed by atoms with Crippen molar-refractivity contribution in [1.29, 1.82) is 0 Å². The number of hydrogen-bond donors (Lipinski definition) is 0. The summed E-state index contributed by atoms with van der Waals surface area (Å²) < 4.78 is 7.41. The Labute approximate surface area is 136 Å². The first kappa shape index (κ1) is 15.6. The molecular formula is C18H23N3O2. The number of aryl methyl sites for hydroxylation is 1. The molecule has 5 heteroatoms. The Balaban J connectivity index is 1.66.